The van der Waals surface area contributed by atoms with Gasteiger partial charge in [-0.15, -0.1) is 0 Å². The van der Waals surface area contributed by atoms with E-state index in [4.69, 9.17) is 5.11 Å². The van der Waals surface area contributed by atoms with E-state index in [1.807, 2.05) is 0 Å². The molecule has 6 heteroatoms. The molecular weight excluding hydrogens is 282 g/mol. The van der Waals surface area contributed by atoms with Crippen LogP contribution in [-0.2, 0) is 4.74 Å². The van der Waals surface area contributed by atoms with Gasteiger partial charge in [-0.25, -0.2) is 18.4 Å². The first-order valence-corrected chi connectivity index (χ1v) is 5.85. The van der Waals surface area contributed by atoms with Crippen LogP contribution in [0.3, 0.4) is 0 Å². The number of benzene rings is 2. The molecule has 1 N–H and O–H groups in total. The van der Waals surface area contributed by atoms with Crippen molar-refractivity contribution in [2.75, 3.05) is 7.11 Å². The van der Waals surface area contributed by atoms with Gasteiger partial charge < -0.3 is 9.84 Å². The molecule has 2 rings (SSSR count). The van der Waals surface area contributed by atoms with Crippen molar-refractivity contribution in [3.8, 4) is 11.1 Å². The van der Waals surface area contributed by atoms with Crippen LogP contribution < -0.4 is 0 Å². The lowest BCUT2D eigenvalue weighted by Gasteiger charge is -2.07. The third kappa shape index (κ3) is 2.89. The van der Waals surface area contributed by atoms with E-state index in [2.05, 4.69) is 4.74 Å². The molecule has 0 spiro atoms. The molecule has 0 aromatic heterocycles. The zero-order chi connectivity index (χ0) is 15.6. The lowest BCUT2D eigenvalue weighted by atomic mass is 10.0. The van der Waals surface area contributed by atoms with Crippen molar-refractivity contribution < 1.29 is 28.2 Å². The van der Waals surface area contributed by atoms with E-state index in [-0.39, 0.29) is 22.3 Å². The molecule has 0 radical (unpaired) electrons. The van der Waals surface area contributed by atoms with Crippen molar-refractivity contribution in [3.63, 3.8) is 0 Å². The van der Waals surface area contributed by atoms with Gasteiger partial charge in [-0.2, -0.15) is 0 Å². The quantitative estimate of drug-likeness (QED) is 0.883. The van der Waals surface area contributed by atoms with Crippen LogP contribution in [0, 0.1) is 11.6 Å². The number of carboxylic acid groups (broad SMARTS) is 1. The van der Waals surface area contributed by atoms with E-state index in [0.29, 0.717) is 0 Å². The average molecular weight is 292 g/mol. The maximum absolute atomic E-state index is 14.0. The van der Waals surface area contributed by atoms with Crippen LogP contribution in [0.25, 0.3) is 11.1 Å². The molecule has 0 amide bonds. The average Bonchev–Trinajstić information content (AvgIpc) is 2.46. The predicted molar refractivity (Wildman–Crippen MR) is 70.1 cm³/mol. The fourth-order valence-electron chi connectivity index (χ4n) is 1.84. The van der Waals surface area contributed by atoms with Gasteiger partial charge in [0.25, 0.3) is 0 Å². The number of carboxylic acids is 1. The van der Waals surface area contributed by atoms with E-state index >= 15 is 0 Å². The zero-order valence-electron chi connectivity index (χ0n) is 10.9. The second-order valence-electron chi connectivity index (χ2n) is 4.19. The van der Waals surface area contributed by atoms with Crippen LogP contribution >= 0.6 is 0 Å². The molecule has 2 aromatic rings. The minimum absolute atomic E-state index is 0.00122. The standard InChI is InChI=1S/C15H10F2O4/c1-21-15(20)9-3-5-11(13(17)7-9)10-4-2-8(14(18)19)6-12(10)16/h2-7H,1H3,(H,18,19). The number of hydrogen-bond acceptors (Lipinski definition) is 3. The lowest BCUT2D eigenvalue weighted by Crippen LogP contribution is -2.02. The van der Waals surface area contributed by atoms with Gasteiger partial charge in [0.2, 0.25) is 0 Å². The van der Waals surface area contributed by atoms with Crippen molar-refractivity contribution >= 4 is 11.9 Å². The fourth-order valence-corrected chi connectivity index (χ4v) is 1.84. The second kappa shape index (κ2) is 5.70. The Labute approximate surface area is 118 Å². The number of halogens is 2. The molecule has 0 aliphatic carbocycles. The summed E-state index contributed by atoms with van der Waals surface area (Å²) in [6, 6.07) is 6.63. The number of carbonyl (C=O) groups is 2. The Morgan fingerprint density at radius 2 is 1.43 bits per heavy atom. The lowest BCUT2D eigenvalue weighted by molar-refractivity contribution is 0.0599. The molecule has 0 bridgehead atoms. The summed E-state index contributed by atoms with van der Waals surface area (Å²) < 4.78 is 32.3. The molecule has 0 saturated heterocycles. The molecule has 0 heterocycles. The number of ether oxygens (including phenoxy) is 1. The summed E-state index contributed by atoms with van der Waals surface area (Å²) in [7, 11) is 1.17. The van der Waals surface area contributed by atoms with Crippen molar-refractivity contribution in [2.24, 2.45) is 0 Å². The maximum Gasteiger partial charge on any atom is 0.337 e. The predicted octanol–water partition coefficient (Wildman–Crippen LogP) is 3.12. The smallest absolute Gasteiger partial charge is 0.337 e. The van der Waals surface area contributed by atoms with Gasteiger partial charge in [-0.05, 0) is 24.3 Å². The number of aromatic carboxylic acids is 1. The summed E-state index contributed by atoms with van der Waals surface area (Å²) in [5, 5.41) is 8.76. The van der Waals surface area contributed by atoms with Gasteiger partial charge in [0.1, 0.15) is 11.6 Å². The summed E-state index contributed by atoms with van der Waals surface area (Å²) in [5.41, 5.74) is -0.393. The van der Waals surface area contributed by atoms with Crippen LogP contribution in [-0.4, -0.2) is 24.2 Å². The Kier molecular flexibility index (Phi) is 3.98. The molecule has 2 aromatic carbocycles. The number of hydrogen-bond donors (Lipinski definition) is 1. The third-order valence-corrected chi connectivity index (χ3v) is 2.90. The monoisotopic (exact) mass is 292 g/mol. The van der Waals surface area contributed by atoms with Gasteiger partial charge in [0.15, 0.2) is 0 Å². The van der Waals surface area contributed by atoms with Gasteiger partial charge in [0.05, 0.1) is 18.2 Å². The topological polar surface area (TPSA) is 63.6 Å². The fraction of sp³-hybridized carbons (Fsp3) is 0.0667. The summed E-state index contributed by atoms with van der Waals surface area (Å²) in [6.45, 7) is 0. The minimum Gasteiger partial charge on any atom is -0.478 e. The normalized spacial score (nSPS) is 10.2. The van der Waals surface area contributed by atoms with E-state index in [9.17, 15) is 18.4 Å². The molecule has 21 heavy (non-hydrogen) atoms. The summed E-state index contributed by atoms with van der Waals surface area (Å²) in [4.78, 5) is 22.0. The first-order valence-electron chi connectivity index (χ1n) is 5.85. The van der Waals surface area contributed by atoms with Crippen molar-refractivity contribution in [1.82, 2.24) is 0 Å². The highest BCUT2D eigenvalue weighted by Gasteiger charge is 2.15. The minimum atomic E-state index is -1.28. The van der Waals surface area contributed by atoms with Gasteiger partial charge in [-0.1, -0.05) is 12.1 Å². The first-order chi connectivity index (χ1) is 9.93. The molecule has 0 atom stereocenters. The SMILES string of the molecule is COC(=O)c1ccc(-c2ccc(C(=O)O)cc2F)c(F)c1. The van der Waals surface area contributed by atoms with Gasteiger partial charge in [0, 0.05) is 11.1 Å². The highest BCUT2D eigenvalue weighted by molar-refractivity contribution is 5.90. The first kappa shape index (κ1) is 14.6. The zero-order valence-corrected chi connectivity index (χ0v) is 10.9. The summed E-state index contributed by atoms with van der Waals surface area (Å²) in [6.07, 6.45) is 0. The third-order valence-electron chi connectivity index (χ3n) is 2.90. The molecule has 108 valence electrons. The maximum atomic E-state index is 14.0. The summed E-state index contributed by atoms with van der Waals surface area (Å²) >= 11 is 0. The van der Waals surface area contributed by atoms with Gasteiger partial charge in [-0.3, -0.25) is 0 Å². The molecule has 0 fully saturated rings. The second-order valence-corrected chi connectivity index (χ2v) is 4.19. The number of methoxy groups -OCH3 is 1. The van der Waals surface area contributed by atoms with Crippen molar-refractivity contribution in [1.29, 1.82) is 0 Å². The van der Waals surface area contributed by atoms with Crippen LogP contribution in [0.5, 0.6) is 0 Å². The highest BCUT2D eigenvalue weighted by Crippen LogP contribution is 2.27. The Morgan fingerprint density at radius 1 is 0.952 bits per heavy atom. The molecule has 0 aliphatic rings. The number of carbonyl (C=O) groups excluding carboxylic acids is 1. The molecule has 0 aliphatic heterocycles. The van der Waals surface area contributed by atoms with E-state index in [1.165, 1.54) is 31.4 Å². The van der Waals surface area contributed by atoms with Crippen molar-refractivity contribution in [2.45, 2.75) is 0 Å². The molecule has 4 nitrogen and oxygen atoms in total. The van der Waals surface area contributed by atoms with Crippen molar-refractivity contribution in [3.05, 3.63) is 59.2 Å². The Hall–Kier alpha value is -2.76. The number of rotatable bonds is 3. The Balaban J connectivity index is 2.47. The van der Waals surface area contributed by atoms with Crippen LogP contribution in [0.1, 0.15) is 20.7 Å². The van der Waals surface area contributed by atoms with E-state index < -0.39 is 23.6 Å². The summed E-state index contributed by atoms with van der Waals surface area (Å²) in [5.74, 6) is -3.65. The van der Waals surface area contributed by atoms with Gasteiger partial charge >= 0.3 is 11.9 Å². The molecular formula is C15H10F2O4. The van der Waals surface area contributed by atoms with Crippen LogP contribution in [0.2, 0.25) is 0 Å². The largest absolute Gasteiger partial charge is 0.478 e. The molecule has 0 saturated carbocycles. The Bertz CT molecular complexity index is 726. The van der Waals surface area contributed by atoms with Crippen LogP contribution in [0.4, 0.5) is 8.78 Å². The molecule has 0 unspecified atom stereocenters. The Morgan fingerprint density at radius 3 is 1.86 bits per heavy atom. The number of esters is 1. The highest BCUT2D eigenvalue weighted by atomic mass is 19.1. The van der Waals surface area contributed by atoms with Crippen LogP contribution in [0.15, 0.2) is 36.4 Å². The van der Waals surface area contributed by atoms with E-state index in [1.54, 1.807) is 0 Å². The van der Waals surface area contributed by atoms with E-state index in [0.717, 1.165) is 12.1 Å².